The first-order chi connectivity index (χ1) is 6.65. The minimum Gasteiger partial charge on any atom is -0.380 e. The molecular formula is C9H20N2O2S. The van der Waals surface area contributed by atoms with Gasteiger partial charge in [0.05, 0.1) is 12.5 Å². The molecule has 0 aliphatic carbocycles. The average molecular weight is 220 g/mol. The minimum absolute atomic E-state index is 0.0938. The van der Waals surface area contributed by atoms with E-state index in [0.717, 1.165) is 12.3 Å². The Kier molecular flexibility index (Phi) is 7.93. The maximum atomic E-state index is 11.6. The van der Waals surface area contributed by atoms with Gasteiger partial charge < -0.3 is 15.4 Å². The Hall–Kier alpha value is -0.260. The zero-order valence-electron chi connectivity index (χ0n) is 9.16. The highest BCUT2D eigenvalue weighted by Crippen LogP contribution is 2.01. The van der Waals surface area contributed by atoms with Gasteiger partial charge in [-0.15, -0.1) is 0 Å². The molecule has 0 saturated heterocycles. The Morgan fingerprint density at radius 3 is 2.71 bits per heavy atom. The van der Waals surface area contributed by atoms with Gasteiger partial charge in [0.1, 0.15) is 0 Å². The Morgan fingerprint density at radius 2 is 2.29 bits per heavy atom. The van der Waals surface area contributed by atoms with Gasteiger partial charge in [0, 0.05) is 33.0 Å². The van der Waals surface area contributed by atoms with E-state index in [-0.39, 0.29) is 12.0 Å². The van der Waals surface area contributed by atoms with Gasteiger partial charge in [-0.1, -0.05) is 0 Å². The van der Waals surface area contributed by atoms with Crippen LogP contribution < -0.4 is 5.73 Å². The molecular weight excluding hydrogens is 200 g/mol. The third-order valence-electron chi connectivity index (χ3n) is 2.06. The molecule has 0 aliphatic rings. The zero-order chi connectivity index (χ0) is 11.0. The van der Waals surface area contributed by atoms with Gasteiger partial charge in [-0.25, -0.2) is 0 Å². The molecule has 0 fully saturated rings. The van der Waals surface area contributed by atoms with E-state index < -0.39 is 0 Å². The number of ether oxygens (including phenoxy) is 1. The van der Waals surface area contributed by atoms with Gasteiger partial charge in [-0.2, -0.15) is 11.8 Å². The lowest BCUT2D eigenvalue weighted by Gasteiger charge is -2.19. The number of hydrogen-bond acceptors (Lipinski definition) is 4. The monoisotopic (exact) mass is 220 g/mol. The van der Waals surface area contributed by atoms with E-state index in [2.05, 4.69) is 0 Å². The summed E-state index contributed by atoms with van der Waals surface area (Å²) < 4.78 is 5.05. The van der Waals surface area contributed by atoms with Crippen LogP contribution in [0.3, 0.4) is 0 Å². The number of amides is 1. The van der Waals surface area contributed by atoms with Gasteiger partial charge >= 0.3 is 0 Å². The third kappa shape index (κ3) is 5.47. The predicted octanol–water partition coefficient (Wildman–Crippen LogP) is 0.172. The number of hydrogen-bond donors (Lipinski definition) is 1. The van der Waals surface area contributed by atoms with Gasteiger partial charge in [0.25, 0.3) is 0 Å². The molecule has 0 aromatic rings. The second kappa shape index (κ2) is 8.08. The average Bonchev–Trinajstić information content (AvgIpc) is 2.21. The molecule has 1 atom stereocenters. The van der Waals surface area contributed by atoms with Crippen molar-refractivity contribution in [3.8, 4) is 0 Å². The molecule has 14 heavy (non-hydrogen) atoms. The Bertz CT molecular complexity index is 163. The van der Waals surface area contributed by atoms with Crippen LogP contribution in [0.2, 0.25) is 0 Å². The van der Waals surface area contributed by atoms with Crippen molar-refractivity contribution in [3.05, 3.63) is 0 Å². The molecule has 4 nitrogen and oxygen atoms in total. The van der Waals surface area contributed by atoms with Crippen LogP contribution in [0, 0.1) is 0 Å². The van der Waals surface area contributed by atoms with Gasteiger partial charge in [0.2, 0.25) is 5.91 Å². The second-order valence-corrected chi connectivity index (χ2v) is 4.09. The summed E-state index contributed by atoms with van der Waals surface area (Å²) in [5, 5.41) is 0. The molecule has 2 N–H and O–H groups in total. The van der Waals surface area contributed by atoms with E-state index in [4.69, 9.17) is 10.5 Å². The predicted molar refractivity (Wildman–Crippen MR) is 60.5 cm³/mol. The first-order valence-electron chi connectivity index (χ1n) is 4.61. The van der Waals surface area contributed by atoms with E-state index >= 15 is 0 Å². The standard InChI is InChI=1S/C9H20N2O2S/c1-11(4-5-14-3)9(12)6-8(7-10)13-2/h8H,4-7,10H2,1-3H3. The summed E-state index contributed by atoms with van der Waals surface area (Å²) in [6.07, 6.45) is 2.24. The van der Waals surface area contributed by atoms with Crippen LogP contribution in [0.15, 0.2) is 0 Å². The number of rotatable bonds is 7. The SMILES string of the molecule is COC(CN)CC(=O)N(C)CCSC. The third-order valence-corrected chi connectivity index (χ3v) is 2.65. The molecule has 0 aliphatic heterocycles. The molecule has 0 radical (unpaired) electrons. The minimum atomic E-state index is -0.153. The molecule has 1 amide bonds. The largest absolute Gasteiger partial charge is 0.380 e. The van der Waals surface area contributed by atoms with Crippen molar-refractivity contribution < 1.29 is 9.53 Å². The summed E-state index contributed by atoms with van der Waals surface area (Å²) >= 11 is 1.73. The summed E-state index contributed by atoms with van der Waals surface area (Å²) in [4.78, 5) is 13.3. The van der Waals surface area contributed by atoms with Crippen LogP contribution in [0.5, 0.6) is 0 Å². The molecule has 5 heteroatoms. The van der Waals surface area contributed by atoms with Crippen molar-refractivity contribution in [2.24, 2.45) is 5.73 Å². The molecule has 1 unspecified atom stereocenters. The van der Waals surface area contributed by atoms with Crippen molar-refractivity contribution >= 4 is 17.7 Å². The van der Waals surface area contributed by atoms with Crippen LogP contribution in [0.1, 0.15) is 6.42 Å². The Morgan fingerprint density at radius 1 is 1.64 bits per heavy atom. The van der Waals surface area contributed by atoms with E-state index in [1.165, 1.54) is 0 Å². The van der Waals surface area contributed by atoms with Crippen molar-refractivity contribution in [2.75, 3.05) is 39.3 Å². The van der Waals surface area contributed by atoms with Crippen LogP contribution >= 0.6 is 11.8 Å². The van der Waals surface area contributed by atoms with E-state index in [9.17, 15) is 4.79 Å². The molecule has 0 aromatic carbocycles. The Balaban J connectivity index is 3.81. The summed E-state index contributed by atoms with van der Waals surface area (Å²) in [6.45, 7) is 1.17. The van der Waals surface area contributed by atoms with Gasteiger partial charge in [-0.05, 0) is 6.26 Å². The maximum absolute atomic E-state index is 11.6. The number of nitrogens with two attached hydrogens (primary N) is 1. The van der Waals surface area contributed by atoms with E-state index in [0.29, 0.717) is 13.0 Å². The van der Waals surface area contributed by atoms with Crippen molar-refractivity contribution in [2.45, 2.75) is 12.5 Å². The molecule has 84 valence electrons. The topological polar surface area (TPSA) is 55.6 Å². The summed E-state index contributed by atoms with van der Waals surface area (Å²) in [5.41, 5.74) is 5.43. The smallest absolute Gasteiger partial charge is 0.225 e. The molecule has 0 saturated carbocycles. The van der Waals surface area contributed by atoms with E-state index in [1.807, 2.05) is 13.3 Å². The summed E-state index contributed by atoms with van der Waals surface area (Å²) in [6, 6.07) is 0. The highest BCUT2D eigenvalue weighted by molar-refractivity contribution is 7.98. The number of methoxy groups -OCH3 is 1. The number of thioether (sulfide) groups is 1. The number of carbonyl (C=O) groups excluding carboxylic acids is 1. The molecule has 0 heterocycles. The molecule has 0 rings (SSSR count). The fraction of sp³-hybridized carbons (Fsp3) is 0.889. The number of carbonyl (C=O) groups is 1. The van der Waals surface area contributed by atoms with Crippen molar-refractivity contribution in [1.29, 1.82) is 0 Å². The van der Waals surface area contributed by atoms with Crippen molar-refractivity contribution in [3.63, 3.8) is 0 Å². The summed E-state index contributed by atoms with van der Waals surface area (Å²) in [5.74, 6) is 1.05. The van der Waals surface area contributed by atoms with Gasteiger partial charge in [0.15, 0.2) is 0 Å². The zero-order valence-corrected chi connectivity index (χ0v) is 9.97. The lowest BCUT2D eigenvalue weighted by molar-refractivity contribution is -0.132. The fourth-order valence-electron chi connectivity index (χ4n) is 0.966. The first kappa shape index (κ1) is 13.7. The highest BCUT2D eigenvalue weighted by Gasteiger charge is 2.14. The van der Waals surface area contributed by atoms with Crippen LogP contribution in [0.4, 0.5) is 0 Å². The Labute approximate surface area is 90.2 Å². The molecule has 0 aromatic heterocycles. The second-order valence-electron chi connectivity index (χ2n) is 3.11. The molecule has 0 bridgehead atoms. The molecule has 0 spiro atoms. The highest BCUT2D eigenvalue weighted by atomic mass is 32.2. The first-order valence-corrected chi connectivity index (χ1v) is 6.00. The fourth-order valence-corrected chi connectivity index (χ4v) is 1.42. The quantitative estimate of drug-likeness (QED) is 0.664. The van der Waals surface area contributed by atoms with Crippen molar-refractivity contribution in [1.82, 2.24) is 4.90 Å². The van der Waals surface area contributed by atoms with E-state index in [1.54, 1.807) is 23.8 Å². The maximum Gasteiger partial charge on any atom is 0.225 e. The van der Waals surface area contributed by atoms with Crippen LogP contribution in [-0.4, -0.2) is 56.2 Å². The number of nitrogens with zero attached hydrogens (tertiary/aromatic N) is 1. The summed E-state index contributed by atoms with van der Waals surface area (Å²) in [7, 11) is 3.38. The van der Waals surface area contributed by atoms with Crippen LogP contribution in [-0.2, 0) is 9.53 Å². The lowest BCUT2D eigenvalue weighted by Crippen LogP contribution is -2.34. The van der Waals surface area contributed by atoms with Crippen LogP contribution in [0.25, 0.3) is 0 Å². The lowest BCUT2D eigenvalue weighted by atomic mass is 10.2. The normalized spacial score (nSPS) is 12.6. The van der Waals surface area contributed by atoms with Gasteiger partial charge in [-0.3, -0.25) is 4.79 Å².